The van der Waals surface area contributed by atoms with Crippen LogP contribution in [0.15, 0.2) is 63.9 Å². The summed E-state index contributed by atoms with van der Waals surface area (Å²) in [6.45, 7) is 5.18. The number of carbonyl (C=O) groups excluding carboxylic acids is 1. The van der Waals surface area contributed by atoms with Gasteiger partial charge in [-0.1, -0.05) is 28.1 Å². The molecule has 0 bridgehead atoms. The fraction of sp³-hybridized carbons (Fsp3) is 0.261. The van der Waals surface area contributed by atoms with Crippen molar-refractivity contribution in [1.29, 1.82) is 0 Å². The van der Waals surface area contributed by atoms with Crippen molar-refractivity contribution >= 4 is 27.5 Å². The zero-order chi connectivity index (χ0) is 21.9. The predicted molar refractivity (Wildman–Crippen MR) is 121 cm³/mol. The average Bonchev–Trinajstić information content (AvgIpc) is 2.72. The van der Waals surface area contributed by atoms with Crippen LogP contribution in [0.3, 0.4) is 0 Å². The van der Waals surface area contributed by atoms with Gasteiger partial charge in [0.2, 0.25) is 0 Å². The lowest BCUT2D eigenvalue weighted by atomic mass is 10.0. The molecule has 1 amide bonds. The molecule has 7 heteroatoms. The molecular formula is C23H24BrN3O3. The highest BCUT2D eigenvalue weighted by molar-refractivity contribution is 9.10. The first-order valence-electron chi connectivity index (χ1n) is 9.51. The average molecular weight is 470 g/mol. The number of aromatic nitrogens is 2. The van der Waals surface area contributed by atoms with Gasteiger partial charge in [-0.15, -0.1) is 0 Å². The molecule has 0 aliphatic carbocycles. The van der Waals surface area contributed by atoms with Crippen LogP contribution in [0.4, 0.5) is 5.69 Å². The van der Waals surface area contributed by atoms with Gasteiger partial charge in [0.05, 0.1) is 12.8 Å². The Bertz CT molecular complexity index is 1120. The highest BCUT2D eigenvalue weighted by Crippen LogP contribution is 2.20. The van der Waals surface area contributed by atoms with Crippen LogP contribution >= 0.6 is 15.9 Å². The van der Waals surface area contributed by atoms with Gasteiger partial charge >= 0.3 is 0 Å². The van der Waals surface area contributed by atoms with E-state index in [4.69, 9.17) is 4.74 Å². The minimum absolute atomic E-state index is 0.292. The summed E-state index contributed by atoms with van der Waals surface area (Å²) >= 11 is 3.37. The molecule has 3 aromatic rings. The van der Waals surface area contributed by atoms with E-state index in [9.17, 15) is 9.59 Å². The lowest BCUT2D eigenvalue weighted by Crippen LogP contribution is -2.48. The minimum atomic E-state index is -1.18. The number of aryl methyl sites for hydroxylation is 1. The minimum Gasteiger partial charge on any atom is -0.497 e. The van der Waals surface area contributed by atoms with E-state index in [0.29, 0.717) is 23.4 Å². The van der Waals surface area contributed by atoms with Gasteiger partial charge in [0, 0.05) is 22.1 Å². The molecule has 1 aromatic heterocycles. The summed E-state index contributed by atoms with van der Waals surface area (Å²) in [5, 5.41) is 7.23. The Morgan fingerprint density at radius 3 is 2.53 bits per heavy atom. The number of hydrogen-bond acceptors (Lipinski definition) is 4. The second-order valence-electron chi connectivity index (χ2n) is 7.58. The van der Waals surface area contributed by atoms with Crippen molar-refractivity contribution in [1.82, 2.24) is 9.78 Å². The first-order valence-corrected chi connectivity index (χ1v) is 10.3. The second-order valence-corrected chi connectivity index (χ2v) is 8.49. The Kier molecular flexibility index (Phi) is 6.41. The molecule has 1 heterocycles. The number of nitrogens with zero attached hydrogens (tertiary/aromatic N) is 2. The molecule has 0 unspecified atom stereocenters. The topological polar surface area (TPSA) is 73.2 Å². The molecule has 0 saturated carbocycles. The van der Waals surface area contributed by atoms with Crippen LogP contribution in [-0.2, 0) is 16.8 Å². The molecular weight excluding hydrogens is 446 g/mol. The largest absolute Gasteiger partial charge is 0.497 e. The Hall–Kier alpha value is -2.93. The van der Waals surface area contributed by atoms with Gasteiger partial charge in [0.15, 0.2) is 0 Å². The lowest BCUT2D eigenvalue weighted by molar-refractivity contribution is -0.123. The first-order chi connectivity index (χ1) is 14.2. The molecule has 0 saturated heterocycles. The van der Waals surface area contributed by atoms with E-state index in [0.717, 1.165) is 15.8 Å². The van der Waals surface area contributed by atoms with E-state index in [2.05, 4.69) is 26.3 Å². The fourth-order valence-corrected chi connectivity index (χ4v) is 3.37. The number of methoxy groups -OCH3 is 1. The molecule has 0 spiro atoms. The van der Waals surface area contributed by atoms with Crippen molar-refractivity contribution in [2.24, 2.45) is 0 Å². The quantitative estimate of drug-likeness (QED) is 0.584. The van der Waals surface area contributed by atoms with Gasteiger partial charge in [0.25, 0.3) is 11.5 Å². The normalized spacial score (nSPS) is 11.2. The van der Waals surface area contributed by atoms with Crippen LogP contribution in [0, 0.1) is 6.92 Å². The third kappa shape index (κ3) is 4.79. The standard InChI is InChI=1S/C23H24BrN3O3/c1-15-12-17(13-16-6-5-7-20(14-16)30-4)21(28)27(26-15)23(2,3)22(29)25-19-10-8-18(24)9-11-19/h5-12,14H,13H2,1-4H3,(H,25,29). The van der Waals surface area contributed by atoms with Gasteiger partial charge in [-0.3, -0.25) is 9.59 Å². The van der Waals surface area contributed by atoms with E-state index < -0.39 is 5.54 Å². The maximum Gasteiger partial charge on any atom is 0.271 e. The van der Waals surface area contributed by atoms with Gasteiger partial charge in [-0.05, 0) is 68.8 Å². The number of nitrogens with one attached hydrogen (secondary N) is 1. The van der Waals surface area contributed by atoms with Crippen LogP contribution < -0.4 is 15.6 Å². The zero-order valence-corrected chi connectivity index (χ0v) is 19.0. The number of halogens is 1. The molecule has 0 fully saturated rings. The third-order valence-electron chi connectivity index (χ3n) is 4.82. The van der Waals surface area contributed by atoms with Crippen LogP contribution in [0.2, 0.25) is 0 Å². The van der Waals surface area contributed by atoms with Crippen molar-refractivity contribution in [3.05, 3.63) is 86.2 Å². The molecule has 0 radical (unpaired) electrons. The van der Waals surface area contributed by atoms with Crippen LogP contribution in [0.25, 0.3) is 0 Å². The van der Waals surface area contributed by atoms with Gasteiger partial charge in [0.1, 0.15) is 11.3 Å². The lowest BCUT2D eigenvalue weighted by Gasteiger charge is -2.26. The van der Waals surface area contributed by atoms with E-state index in [1.54, 1.807) is 39.2 Å². The summed E-state index contributed by atoms with van der Waals surface area (Å²) in [6.07, 6.45) is 0.420. The van der Waals surface area contributed by atoms with Crippen molar-refractivity contribution in [2.45, 2.75) is 32.7 Å². The van der Waals surface area contributed by atoms with Gasteiger partial charge < -0.3 is 10.1 Å². The number of hydrogen-bond donors (Lipinski definition) is 1. The maximum absolute atomic E-state index is 13.2. The second kappa shape index (κ2) is 8.83. The van der Waals surface area contributed by atoms with Crippen LogP contribution in [-0.4, -0.2) is 22.8 Å². The monoisotopic (exact) mass is 469 g/mol. The van der Waals surface area contributed by atoms with Gasteiger partial charge in [-0.2, -0.15) is 5.10 Å². The molecule has 30 heavy (non-hydrogen) atoms. The van der Waals surface area contributed by atoms with Crippen molar-refractivity contribution in [2.75, 3.05) is 12.4 Å². The third-order valence-corrected chi connectivity index (χ3v) is 5.35. The number of carbonyl (C=O) groups is 1. The van der Waals surface area contributed by atoms with Crippen LogP contribution in [0.1, 0.15) is 30.7 Å². The number of amides is 1. The first kappa shape index (κ1) is 21.8. The predicted octanol–water partition coefficient (Wildman–Crippen LogP) is 4.29. The van der Waals surface area contributed by atoms with Crippen LogP contribution in [0.5, 0.6) is 5.75 Å². The number of rotatable bonds is 6. The van der Waals surface area contributed by atoms with Crippen molar-refractivity contribution < 1.29 is 9.53 Å². The summed E-state index contributed by atoms with van der Waals surface area (Å²) in [7, 11) is 1.61. The molecule has 0 aliphatic rings. The maximum atomic E-state index is 13.2. The SMILES string of the molecule is COc1cccc(Cc2cc(C)nn(C(C)(C)C(=O)Nc3ccc(Br)cc3)c2=O)c1. The van der Waals surface area contributed by atoms with Crippen molar-refractivity contribution in [3.63, 3.8) is 0 Å². The van der Waals surface area contributed by atoms with E-state index in [1.165, 1.54) is 4.68 Å². The zero-order valence-electron chi connectivity index (χ0n) is 17.4. The number of benzene rings is 2. The molecule has 2 aromatic carbocycles. The molecule has 6 nitrogen and oxygen atoms in total. The molecule has 3 rings (SSSR count). The van der Waals surface area contributed by atoms with E-state index in [1.807, 2.05) is 43.3 Å². The highest BCUT2D eigenvalue weighted by atomic mass is 79.9. The Morgan fingerprint density at radius 2 is 1.87 bits per heavy atom. The van der Waals surface area contributed by atoms with Gasteiger partial charge in [-0.25, -0.2) is 4.68 Å². The van der Waals surface area contributed by atoms with E-state index in [-0.39, 0.29) is 11.5 Å². The Morgan fingerprint density at radius 1 is 1.17 bits per heavy atom. The summed E-state index contributed by atoms with van der Waals surface area (Å²) in [6, 6.07) is 16.6. The summed E-state index contributed by atoms with van der Waals surface area (Å²) in [4.78, 5) is 26.2. The van der Waals surface area contributed by atoms with Crippen molar-refractivity contribution in [3.8, 4) is 5.75 Å². The molecule has 0 atom stereocenters. The number of anilines is 1. The summed E-state index contributed by atoms with van der Waals surface area (Å²) in [5.41, 5.74) is 1.35. The summed E-state index contributed by atoms with van der Waals surface area (Å²) in [5.74, 6) is 0.408. The molecule has 1 N–H and O–H groups in total. The number of ether oxygens (including phenoxy) is 1. The Balaban J connectivity index is 1.93. The smallest absolute Gasteiger partial charge is 0.271 e. The molecule has 156 valence electrons. The highest BCUT2D eigenvalue weighted by Gasteiger charge is 2.33. The fourth-order valence-electron chi connectivity index (χ4n) is 3.10. The Labute approximate surface area is 184 Å². The molecule has 0 aliphatic heterocycles. The summed E-state index contributed by atoms with van der Waals surface area (Å²) < 4.78 is 7.45. The van der Waals surface area contributed by atoms with E-state index >= 15 is 0 Å².